The van der Waals surface area contributed by atoms with Gasteiger partial charge in [-0.15, -0.1) is 0 Å². The molecule has 1 rings (SSSR count). The Morgan fingerprint density at radius 1 is 1.44 bits per heavy atom. The van der Waals surface area contributed by atoms with Crippen LogP contribution in [0.2, 0.25) is 5.02 Å². The van der Waals surface area contributed by atoms with Gasteiger partial charge >= 0.3 is 0 Å². The van der Waals surface area contributed by atoms with E-state index in [1.165, 1.54) is 12.1 Å². The Morgan fingerprint density at radius 3 is 2.61 bits per heavy atom. The smallest absolute Gasteiger partial charge is 0.271 e. The van der Waals surface area contributed by atoms with Crippen LogP contribution in [0.15, 0.2) is 18.2 Å². The Hall–Kier alpha value is -1.38. The summed E-state index contributed by atoms with van der Waals surface area (Å²) in [6, 6.07) is 3.77. The molecule has 0 radical (unpaired) electrons. The number of primary sulfonamides is 1. The Kier molecular flexibility index (Phi) is 4.88. The Labute approximate surface area is 109 Å². The lowest BCUT2D eigenvalue weighted by atomic mass is 10.3. The molecule has 0 aliphatic heterocycles. The summed E-state index contributed by atoms with van der Waals surface area (Å²) in [5, 5.41) is 15.4. The van der Waals surface area contributed by atoms with Crippen LogP contribution in [0, 0.1) is 10.1 Å². The van der Waals surface area contributed by atoms with Crippen molar-refractivity contribution in [2.24, 2.45) is 5.14 Å². The second-order valence-electron chi connectivity index (χ2n) is 3.44. The molecule has 1 aromatic carbocycles. The molecule has 9 heteroatoms. The van der Waals surface area contributed by atoms with E-state index in [4.69, 9.17) is 21.5 Å². The molecule has 2 N–H and O–H groups in total. The van der Waals surface area contributed by atoms with Gasteiger partial charge in [-0.1, -0.05) is 11.6 Å². The summed E-state index contributed by atoms with van der Waals surface area (Å²) in [5.41, 5.74) is -0.142. The lowest BCUT2D eigenvalue weighted by Crippen LogP contribution is -2.18. The van der Waals surface area contributed by atoms with E-state index in [1.54, 1.807) is 0 Å². The van der Waals surface area contributed by atoms with E-state index in [2.05, 4.69) is 0 Å². The summed E-state index contributed by atoms with van der Waals surface area (Å²) in [6.07, 6.45) is 0.214. The van der Waals surface area contributed by atoms with Crippen molar-refractivity contribution in [2.45, 2.75) is 6.42 Å². The number of non-ortho nitro benzene ring substituents is 1. The number of benzene rings is 1. The molecule has 0 aliphatic rings. The molecule has 0 spiro atoms. The van der Waals surface area contributed by atoms with Gasteiger partial charge in [-0.25, -0.2) is 13.6 Å². The number of nitrogens with zero attached hydrogens (tertiary/aromatic N) is 1. The third kappa shape index (κ3) is 4.86. The highest BCUT2D eigenvalue weighted by atomic mass is 35.5. The third-order valence-electron chi connectivity index (χ3n) is 1.96. The topological polar surface area (TPSA) is 113 Å². The molecule has 100 valence electrons. The maximum Gasteiger partial charge on any atom is 0.271 e. The molecule has 0 saturated heterocycles. The van der Waals surface area contributed by atoms with Crippen LogP contribution in [0.4, 0.5) is 5.69 Å². The molecule has 0 atom stereocenters. The van der Waals surface area contributed by atoms with Crippen LogP contribution < -0.4 is 9.88 Å². The minimum absolute atomic E-state index is 0.0970. The minimum Gasteiger partial charge on any atom is -0.492 e. The first-order valence-electron chi connectivity index (χ1n) is 4.87. The van der Waals surface area contributed by atoms with E-state index in [0.29, 0.717) is 0 Å². The number of nitro benzene ring substituents is 1. The van der Waals surface area contributed by atoms with Crippen LogP contribution in [0.3, 0.4) is 0 Å². The lowest BCUT2D eigenvalue weighted by Gasteiger charge is -2.07. The lowest BCUT2D eigenvalue weighted by molar-refractivity contribution is -0.384. The normalized spacial score (nSPS) is 11.2. The zero-order chi connectivity index (χ0) is 13.8. The predicted octanol–water partition coefficient (Wildman–Crippen LogP) is 1.31. The highest BCUT2D eigenvalue weighted by Gasteiger charge is 2.10. The average Bonchev–Trinajstić information content (AvgIpc) is 2.24. The zero-order valence-electron chi connectivity index (χ0n) is 9.21. The highest BCUT2D eigenvalue weighted by molar-refractivity contribution is 7.89. The van der Waals surface area contributed by atoms with E-state index >= 15 is 0 Å². The maximum absolute atomic E-state index is 10.7. The van der Waals surface area contributed by atoms with E-state index in [9.17, 15) is 18.5 Å². The average molecular weight is 295 g/mol. The SMILES string of the molecule is NS(=O)(=O)CCCOc1ccc([N+](=O)[O-])cc1Cl. The van der Waals surface area contributed by atoms with Crippen LogP contribution in [-0.2, 0) is 10.0 Å². The van der Waals surface area contributed by atoms with Crippen LogP contribution in [-0.4, -0.2) is 25.7 Å². The van der Waals surface area contributed by atoms with Crippen molar-refractivity contribution in [2.75, 3.05) is 12.4 Å². The fourth-order valence-corrected chi connectivity index (χ4v) is 1.91. The number of ether oxygens (including phenoxy) is 1. The fourth-order valence-electron chi connectivity index (χ4n) is 1.16. The van der Waals surface area contributed by atoms with Gasteiger partial charge in [0.25, 0.3) is 5.69 Å². The molecule has 0 bridgehead atoms. The molecular formula is C9H11ClN2O5S. The van der Waals surface area contributed by atoms with Gasteiger partial charge in [-0.05, 0) is 12.5 Å². The van der Waals surface area contributed by atoms with Crippen molar-refractivity contribution >= 4 is 27.3 Å². The summed E-state index contributed by atoms with van der Waals surface area (Å²) in [4.78, 5) is 9.89. The van der Waals surface area contributed by atoms with Crippen molar-refractivity contribution in [3.8, 4) is 5.75 Å². The highest BCUT2D eigenvalue weighted by Crippen LogP contribution is 2.28. The first kappa shape index (κ1) is 14.7. The molecule has 7 nitrogen and oxygen atoms in total. The molecule has 18 heavy (non-hydrogen) atoms. The first-order valence-corrected chi connectivity index (χ1v) is 6.96. The number of nitro groups is 1. The number of sulfonamides is 1. The summed E-state index contributed by atoms with van der Waals surface area (Å²) >= 11 is 5.77. The molecular weight excluding hydrogens is 284 g/mol. The number of hydrogen-bond donors (Lipinski definition) is 1. The van der Waals surface area contributed by atoms with Gasteiger partial charge in [0.15, 0.2) is 0 Å². The maximum atomic E-state index is 10.7. The zero-order valence-corrected chi connectivity index (χ0v) is 10.8. The standard InChI is InChI=1S/C9H11ClN2O5S/c10-8-6-7(12(13)14)2-3-9(8)17-4-1-5-18(11,15)16/h2-3,6H,1,4-5H2,(H2,11,15,16). The Morgan fingerprint density at radius 2 is 2.11 bits per heavy atom. The number of nitrogens with two attached hydrogens (primary N) is 1. The molecule has 0 aliphatic carbocycles. The van der Waals surface area contributed by atoms with Gasteiger partial charge < -0.3 is 4.74 Å². The largest absolute Gasteiger partial charge is 0.492 e. The van der Waals surface area contributed by atoms with Crippen molar-refractivity contribution in [3.05, 3.63) is 33.3 Å². The quantitative estimate of drug-likeness (QED) is 0.483. The van der Waals surface area contributed by atoms with Gasteiger partial charge in [-0.2, -0.15) is 0 Å². The Bertz CT molecular complexity index is 546. The summed E-state index contributed by atoms with van der Waals surface area (Å²) < 4.78 is 26.5. The van der Waals surface area contributed by atoms with Crippen LogP contribution in [0.1, 0.15) is 6.42 Å². The van der Waals surface area contributed by atoms with Crippen LogP contribution >= 0.6 is 11.6 Å². The molecule has 0 unspecified atom stereocenters. The molecule has 0 saturated carbocycles. The summed E-state index contributed by atoms with van der Waals surface area (Å²) in [7, 11) is -3.51. The van der Waals surface area contributed by atoms with Crippen molar-refractivity contribution < 1.29 is 18.1 Å². The third-order valence-corrected chi connectivity index (χ3v) is 3.11. The van der Waals surface area contributed by atoms with Gasteiger partial charge in [0.05, 0.1) is 22.3 Å². The van der Waals surface area contributed by atoms with Crippen molar-refractivity contribution in [1.82, 2.24) is 0 Å². The number of hydrogen-bond acceptors (Lipinski definition) is 5. The van der Waals surface area contributed by atoms with Crippen molar-refractivity contribution in [1.29, 1.82) is 0 Å². The summed E-state index contributed by atoms with van der Waals surface area (Å²) in [6.45, 7) is 0.105. The fraction of sp³-hybridized carbons (Fsp3) is 0.333. The second-order valence-corrected chi connectivity index (χ2v) is 5.58. The van der Waals surface area contributed by atoms with Gasteiger partial charge in [-0.3, -0.25) is 10.1 Å². The van der Waals surface area contributed by atoms with Crippen molar-refractivity contribution in [3.63, 3.8) is 0 Å². The van der Waals surface area contributed by atoms with Gasteiger partial charge in [0, 0.05) is 12.1 Å². The molecule has 1 aromatic rings. The number of halogens is 1. The molecule has 0 heterocycles. The minimum atomic E-state index is -3.51. The van der Waals surface area contributed by atoms with E-state index < -0.39 is 14.9 Å². The Balaban J connectivity index is 2.56. The van der Waals surface area contributed by atoms with Gasteiger partial charge in [0.2, 0.25) is 10.0 Å². The predicted molar refractivity (Wildman–Crippen MR) is 66.2 cm³/mol. The molecule has 0 amide bonds. The number of rotatable bonds is 6. The van der Waals surface area contributed by atoms with E-state index in [1.807, 2.05) is 0 Å². The van der Waals surface area contributed by atoms with E-state index in [-0.39, 0.29) is 35.2 Å². The summed E-state index contributed by atoms with van der Waals surface area (Å²) in [5.74, 6) is 0.0640. The first-order chi connectivity index (χ1) is 8.29. The second kappa shape index (κ2) is 5.98. The van der Waals surface area contributed by atoms with Crippen LogP contribution in [0.25, 0.3) is 0 Å². The molecule has 0 fully saturated rings. The van der Waals surface area contributed by atoms with Gasteiger partial charge in [0.1, 0.15) is 5.75 Å². The monoisotopic (exact) mass is 294 g/mol. The van der Waals surface area contributed by atoms with Crippen LogP contribution in [0.5, 0.6) is 5.75 Å². The molecule has 0 aromatic heterocycles. The van der Waals surface area contributed by atoms with E-state index in [0.717, 1.165) is 6.07 Å².